The number of benzene rings is 2. The minimum atomic E-state index is 0.329. The van der Waals surface area contributed by atoms with Crippen LogP contribution in [-0.4, -0.2) is 5.78 Å². The van der Waals surface area contributed by atoms with Gasteiger partial charge in [-0.2, -0.15) is 0 Å². The highest BCUT2D eigenvalue weighted by molar-refractivity contribution is 5.86. The van der Waals surface area contributed by atoms with Gasteiger partial charge in [-0.1, -0.05) is 56.3 Å². The summed E-state index contributed by atoms with van der Waals surface area (Å²) < 4.78 is 0. The van der Waals surface area contributed by atoms with Gasteiger partial charge in [0.15, 0.2) is 0 Å². The van der Waals surface area contributed by atoms with E-state index in [0.29, 0.717) is 24.5 Å². The molecule has 0 fully saturated rings. The van der Waals surface area contributed by atoms with Crippen LogP contribution in [0, 0.1) is 5.92 Å². The van der Waals surface area contributed by atoms with E-state index in [4.69, 9.17) is 0 Å². The zero-order chi connectivity index (χ0) is 12.3. The first-order chi connectivity index (χ1) is 8.15. The van der Waals surface area contributed by atoms with Crippen LogP contribution in [0.5, 0.6) is 0 Å². The molecular weight excluding hydrogens is 208 g/mol. The molecule has 0 aliphatic rings. The van der Waals surface area contributed by atoms with Crippen molar-refractivity contribution in [2.45, 2.75) is 26.7 Å². The minimum absolute atomic E-state index is 0.329. The number of Topliss-reactive ketones (excluding diaryl/α,β-unsaturated/α-hetero) is 1. The van der Waals surface area contributed by atoms with Gasteiger partial charge in [0.25, 0.3) is 0 Å². The predicted octanol–water partition coefficient (Wildman–Crippen LogP) is 4.00. The monoisotopic (exact) mass is 226 g/mol. The number of hydrogen-bond acceptors (Lipinski definition) is 1. The summed E-state index contributed by atoms with van der Waals surface area (Å²) in [6.07, 6.45) is 1.23. The number of rotatable bonds is 4. The summed E-state index contributed by atoms with van der Waals surface area (Å²) in [6.45, 7) is 4.16. The summed E-state index contributed by atoms with van der Waals surface area (Å²) in [5, 5.41) is 2.44. The van der Waals surface area contributed by atoms with Gasteiger partial charge in [0.2, 0.25) is 0 Å². The van der Waals surface area contributed by atoms with Crippen LogP contribution in [0.4, 0.5) is 0 Å². The minimum Gasteiger partial charge on any atom is -0.299 e. The SMILES string of the molecule is CC(C)CC(=O)Cc1ccc2ccccc2c1. The standard InChI is InChI=1S/C16H18O/c1-12(2)9-16(17)11-13-7-8-14-5-3-4-6-15(14)10-13/h3-8,10,12H,9,11H2,1-2H3. The van der Waals surface area contributed by atoms with Gasteiger partial charge in [0.1, 0.15) is 5.78 Å². The van der Waals surface area contributed by atoms with Crippen molar-refractivity contribution < 1.29 is 4.79 Å². The molecule has 0 N–H and O–H groups in total. The summed E-state index contributed by atoms with van der Waals surface area (Å²) in [7, 11) is 0. The van der Waals surface area contributed by atoms with Gasteiger partial charge in [-0.3, -0.25) is 4.79 Å². The Kier molecular flexibility index (Phi) is 3.58. The highest BCUT2D eigenvalue weighted by Gasteiger charge is 2.06. The molecule has 0 aliphatic heterocycles. The molecular formula is C16H18O. The average molecular weight is 226 g/mol. The van der Waals surface area contributed by atoms with Gasteiger partial charge >= 0.3 is 0 Å². The Labute approximate surface area is 102 Å². The Morgan fingerprint density at radius 1 is 1.06 bits per heavy atom. The fourth-order valence-electron chi connectivity index (χ4n) is 2.10. The topological polar surface area (TPSA) is 17.1 Å². The summed E-state index contributed by atoms with van der Waals surface area (Å²) in [5.41, 5.74) is 1.12. The molecule has 1 nitrogen and oxygen atoms in total. The van der Waals surface area contributed by atoms with E-state index in [9.17, 15) is 4.79 Å². The van der Waals surface area contributed by atoms with Gasteiger partial charge < -0.3 is 0 Å². The largest absolute Gasteiger partial charge is 0.299 e. The van der Waals surface area contributed by atoms with Crippen LogP contribution in [0.3, 0.4) is 0 Å². The van der Waals surface area contributed by atoms with Crippen molar-refractivity contribution in [3.8, 4) is 0 Å². The lowest BCUT2D eigenvalue weighted by Crippen LogP contribution is -2.06. The maximum absolute atomic E-state index is 11.8. The summed E-state index contributed by atoms with van der Waals surface area (Å²) >= 11 is 0. The molecule has 17 heavy (non-hydrogen) atoms. The van der Waals surface area contributed by atoms with Gasteiger partial charge in [0.05, 0.1) is 0 Å². The van der Waals surface area contributed by atoms with Crippen molar-refractivity contribution in [1.82, 2.24) is 0 Å². The first kappa shape index (κ1) is 11.8. The van der Waals surface area contributed by atoms with E-state index in [1.54, 1.807) is 0 Å². The molecule has 0 bridgehead atoms. The van der Waals surface area contributed by atoms with Crippen LogP contribution in [0.2, 0.25) is 0 Å². The Bertz CT molecular complexity index is 526. The molecule has 0 heterocycles. The van der Waals surface area contributed by atoms with Crippen molar-refractivity contribution in [2.75, 3.05) is 0 Å². The maximum atomic E-state index is 11.8. The lowest BCUT2D eigenvalue weighted by Gasteiger charge is -2.05. The smallest absolute Gasteiger partial charge is 0.137 e. The number of fused-ring (bicyclic) bond motifs is 1. The van der Waals surface area contributed by atoms with E-state index in [1.807, 2.05) is 12.1 Å². The zero-order valence-electron chi connectivity index (χ0n) is 10.4. The van der Waals surface area contributed by atoms with E-state index >= 15 is 0 Å². The maximum Gasteiger partial charge on any atom is 0.137 e. The van der Waals surface area contributed by atoms with E-state index in [2.05, 4.69) is 44.2 Å². The Hall–Kier alpha value is -1.63. The normalized spacial score (nSPS) is 11.0. The first-order valence-corrected chi connectivity index (χ1v) is 6.14. The van der Waals surface area contributed by atoms with E-state index < -0.39 is 0 Å². The van der Waals surface area contributed by atoms with Crippen LogP contribution >= 0.6 is 0 Å². The zero-order valence-corrected chi connectivity index (χ0v) is 10.4. The molecule has 0 atom stereocenters. The molecule has 0 amide bonds. The van der Waals surface area contributed by atoms with Crippen molar-refractivity contribution >= 4 is 16.6 Å². The molecule has 0 unspecified atom stereocenters. The highest BCUT2D eigenvalue weighted by Crippen LogP contribution is 2.16. The lowest BCUT2D eigenvalue weighted by atomic mass is 9.99. The molecule has 0 radical (unpaired) electrons. The molecule has 88 valence electrons. The van der Waals surface area contributed by atoms with Gasteiger partial charge in [-0.15, -0.1) is 0 Å². The Morgan fingerprint density at radius 3 is 2.47 bits per heavy atom. The third kappa shape index (κ3) is 3.16. The van der Waals surface area contributed by atoms with Crippen molar-refractivity contribution in [1.29, 1.82) is 0 Å². The van der Waals surface area contributed by atoms with Crippen molar-refractivity contribution in [3.63, 3.8) is 0 Å². The van der Waals surface area contributed by atoms with Crippen molar-refractivity contribution in [2.24, 2.45) is 5.92 Å². The molecule has 2 aromatic rings. The second-order valence-corrected chi connectivity index (χ2v) is 4.99. The van der Waals surface area contributed by atoms with E-state index in [0.717, 1.165) is 5.56 Å². The van der Waals surface area contributed by atoms with Crippen LogP contribution in [0.25, 0.3) is 10.8 Å². The van der Waals surface area contributed by atoms with E-state index in [1.165, 1.54) is 10.8 Å². The summed E-state index contributed by atoms with van der Waals surface area (Å²) in [4.78, 5) is 11.8. The number of ketones is 1. The van der Waals surface area contributed by atoms with Gasteiger partial charge in [-0.05, 0) is 22.3 Å². The molecule has 0 aromatic heterocycles. The average Bonchev–Trinajstić information content (AvgIpc) is 2.27. The first-order valence-electron chi connectivity index (χ1n) is 6.14. The third-order valence-electron chi connectivity index (χ3n) is 2.85. The van der Waals surface area contributed by atoms with Crippen LogP contribution in [-0.2, 0) is 11.2 Å². The number of carbonyl (C=O) groups excluding carboxylic acids is 1. The number of carbonyl (C=O) groups is 1. The molecule has 0 saturated heterocycles. The third-order valence-corrected chi connectivity index (χ3v) is 2.85. The summed E-state index contributed by atoms with van der Waals surface area (Å²) in [5.74, 6) is 0.776. The van der Waals surface area contributed by atoms with Crippen molar-refractivity contribution in [3.05, 3.63) is 48.0 Å². The molecule has 1 heteroatoms. The van der Waals surface area contributed by atoms with Crippen LogP contribution < -0.4 is 0 Å². The van der Waals surface area contributed by atoms with E-state index in [-0.39, 0.29) is 0 Å². The fraction of sp³-hybridized carbons (Fsp3) is 0.312. The number of hydrogen-bond donors (Lipinski definition) is 0. The fourth-order valence-corrected chi connectivity index (χ4v) is 2.10. The highest BCUT2D eigenvalue weighted by atomic mass is 16.1. The second kappa shape index (κ2) is 5.13. The Balaban J connectivity index is 2.17. The van der Waals surface area contributed by atoms with Crippen LogP contribution in [0.15, 0.2) is 42.5 Å². The lowest BCUT2D eigenvalue weighted by molar-refractivity contribution is -0.119. The molecule has 2 rings (SSSR count). The molecule has 2 aromatic carbocycles. The Morgan fingerprint density at radius 2 is 1.76 bits per heavy atom. The molecule has 0 aliphatic carbocycles. The molecule has 0 spiro atoms. The quantitative estimate of drug-likeness (QED) is 0.770. The molecule has 0 saturated carbocycles. The van der Waals surface area contributed by atoms with Crippen LogP contribution in [0.1, 0.15) is 25.8 Å². The van der Waals surface area contributed by atoms with Gasteiger partial charge in [-0.25, -0.2) is 0 Å². The second-order valence-electron chi connectivity index (χ2n) is 4.99. The predicted molar refractivity (Wildman–Crippen MR) is 72.1 cm³/mol. The van der Waals surface area contributed by atoms with Gasteiger partial charge in [0, 0.05) is 12.8 Å². The summed E-state index contributed by atoms with van der Waals surface area (Å²) in [6, 6.07) is 14.5.